The Hall–Kier alpha value is -2.64. The van der Waals surface area contributed by atoms with Crippen LogP contribution in [0.5, 0.6) is 11.5 Å². The van der Waals surface area contributed by atoms with Crippen LogP contribution in [-0.4, -0.2) is 66.5 Å². The van der Waals surface area contributed by atoms with Crippen molar-refractivity contribution >= 4 is 11.2 Å². The van der Waals surface area contributed by atoms with Gasteiger partial charge in [-0.15, -0.1) is 0 Å². The Bertz CT molecular complexity index is 935. The zero-order valence-electron chi connectivity index (χ0n) is 16.4. The highest BCUT2D eigenvalue weighted by atomic mass is 16.5. The first-order valence-electron chi connectivity index (χ1n) is 9.64. The van der Waals surface area contributed by atoms with Gasteiger partial charge in [0.25, 0.3) is 0 Å². The van der Waals surface area contributed by atoms with Crippen LogP contribution in [0, 0.1) is 0 Å². The van der Waals surface area contributed by atoms with Gasteiger partial charge in [-0.1, -0.05) is 0 Å². The van der Waals surface area contributed by atoms with Gasteiger partial charge in [-0.05, 0) is 36.8 Å². The SMILES string of the molecule is COc1ccc(-c2nc3cccnc3n2CCCN2CCOCC2)cc1OC. The van der Waals surface area contributed by atoms with Gasteiger partial charge in [0.1, 0.15) is 11.3 Å². The summed E-state index contributed by atoms with van der Waals surface area (Å²) >= 11 is 0. The van der Waals surface area contributed by atoms with Crippen LogP contribution < -0.4 is 9.47 Å². The van der Waals surface area contributed by atoms with Gasteiger partial charge in [-0.2, -0.15) is 0 Å². The maximum atomic E-state index is 5.48. The van der Waals surface area contributed by atoms with Crippen molar-refractivity contribution in [3.8, 4) is 22.9 Å². The Morgan fingerprint density at radius 2 is 1.86 bits per heavy atom. The Balaban J connectivity index is 1.63. The minimum atomic E-state index is 0.694. The van der Waals surface area contributed by atoms with E-state index in [4.69, 9.17) is 19.2 Å². The van der Waals surface area contributed by atoms with Gasteiger partial charge in [0, 0.05) is 37.9 Å². The fraction of sp³-hybridized carbons (Fsp3) is 0.429. The number of ether oxygens (including phenoxy) is 3. The molecule has 0 aliphatic carbocycles. The highest BCUT2D eigenvalue weighted by molar-refractivity contribution is 5.77. The summed E-state index contributed by atoms with van der Waals surface area (Å²) in [6.07, 6.45) is 2.85. The lowest BCUT2D eigenvalue weighted by Crippen LogP contribution is -2.37. The molecule has 0 unspecified atom stereocenters. The minimum absolute atomic E-state index is 0.694. The topological polar surface area (TPSA) is 61.6 Å². The van der Waals surface area contributed by atoms with Crippen LogP contribution in [-0.2, 0) is 11.3 Å². The zero-order valence-corrected chi connectivity index (χ0v) is 16.4. The molecular weight excluding hydrogens is 356 g/mol. The highest BCUT2D eigenvalue weighted by Crippen LogP contribution is 2.33. The molecule has 7 nitrogen and oxygen atoms in total. The first-order chi connectivity index (χ1) is 13.8. The van der Waals surface area contributed by atoms with Crippen LogP contribution in [0.2, 0.25) is 0 Å². The number of rotatable bonds is 7. The number of fused-ring (bicyclic) bond motifs is 1. The molecule has 1 aromatic carbocycles. The third-order valence-corrected chi connectivity index (χ3v) is 5.11. The molecule has 0 radical (unpaired) electrons. The van der Waals surface area contributed by atoms with E-state index in [2.05, 4.69) is 14.5 Å². The van der Waals surface area contributed by atoms with Crippen molar-refractivity contribution in [3.63, 3.8) is 0 Å². The van der Waals surface area contributed by atoms with E-state index >= 15 is 0 Å². The number of morpholine rings is 1. The van der Waals surface area contributed by atoms with Crippen LogP contribution >= 0.6 is 0 Å². The van der Waals surface area contributed by atoms with Gasteiger partial charge >= 0.3 is 0 Å². The van der Waals surface area contributed by atoms with Gasteiger partial charge in [0.15, 0.2) is 17.1 Å². The van der Waals surface area contributed by atoms with Crippen LogP contribution in [0.15, 0.2) is 36.5 Å². The molecule has 1 fully saturated rings. The molecule has 148 valence electrons. The van der Waals surface area contributed by atoms with Crippen molar-refractivity contribution in [2.45, 2.75) is 13.0 Å². The second kappa shape index (κ2) is 8.58. The molecule has 1 aliphatic heterocycles. The van der Waals surface area contributed by atoms with Gasteiger partial charge in [0.05, 0.1) is 27.4 Å². The van der Waals surface area contributed by atoms with Crippen LogP contribution in [0.3, 0.4) is 0 Å². The molecule has 0 spiro atoms. The lowest BCUT2D eigenvalue weighted by Gasteiger charge is -2.26. The molecule has 1 aliphatic rings. The molecule has 1 saturated heterocycles. The van der Waals surface area contributed by atoms with Crippen LogP contribution in [0.1, 0.15) is 6.42 Å². The second-order valence-corrected chi connectivity index (χ2v) is 6.81. The minimum Gasteiger partial charge on any atom is -0.493 e. The third kappa shape index (κ3) is 3.81. The lowest BCUT2D eigenvalue weighted by molar-refractivity contribution is 0.0370. The average molecular weight is 382 g/mol. The Morgan fingerprint density at radius 3 is 2.64 bits per heavy atom. The molecule has 4 rings (SSSR count). The summed E-state index contributed by atoms with van der Waals surface area (Å²) in [7, 11) is 3.29. The summed E-state index contributed by atoms with van der Waals surface area (Å²) in [4.78, 5) is 11.9. The lowest BCUT2D eigenvalue weighted by atomic mass is 10.2. The summed E-state index contributed by atoms with van der Waals surface area (Å²) in [5.74, 6) is 2.30. The molecule has 3 aromatic rings. The van der Waals surface area contributed by atoms with E-state index in [0.29, 0.717) is 11.5 Å². The van der Waals surface area contributed by atoms with E-state index in [0.717, 1.165) is 68.4 Å². The van der Waals surface area contributed by atoms with Crippen molar-refractivity contribution < 1.29 is 14.2 Å². The smallest absolute Gasteiger partial charge is 0.161 e. The predicted molar refractivity (Wildman–Crippen MR) is 108 cm³/mol. The van der Waals surface area contributed by atoms with E-state index < -0.39 is 0 Å². The molecule has 0 atom stereocenters. The molecule has 0 amide bonds. The number of hydrogen-bond acceptors (Lipinski definition) is 6. The highest BCUT2D eigenvalue weighted by Gasteiger charge is 2.16. The largest absolute Gasteiger partial charge is 0.493 e. The fourth-order valence-corrected chi connectivity index (χ4v) is 3.64. The van der Waals surface area contributed by atoms with Gasteiger partial charge < -0.3 is 18.8 Å². The van der Waals surface area contributed by atoms with Gasteiger partial charge in [-0.3, -0.25) is 4.90 Å². The Kier molecular flexibility index (Phi) is 5.73. The third-order valence-electron chi connectivity index (χ3n) is 5.11. The normalized spacial score (nSPS) is 15.1. The van der Waals surface area contributed by atoms with E-state index in [1.165, 1.54) is 0 Å². The first kappa shape index (κ1) is 18.7. The molecule has 7 heteroatoms. The van der Waals surface area contributed by atoms with Crippen molar-refractivity contribution in [2.24, 2.45) is 0 Å². The van der Waals surface area contributed by atoms with Crippen LogP contribution in [0.25, 0.3) is 22.6 Å². The molecular formula is C21H26N4O3. The number of nitrogens with zero attached hydrogens (tertiary/aromatic N) is 4. The maximum absolute atomic E-state index is 5.48. The number of hydrogen-bond donors (Lipinski definition) is 0. The predicted octanol–water partition coefficient (Wildman–Crippen LogP) is 2.84. The number of benzene rings is 1. The second-order valence-electron chi connectivity index (χ2n) is 6.81. The standard InChI is InChI=1S/C21H26N4O3/c1-26-18-7-6-16(15-19(18)27-2)20-23-17-5-3-8-22-21(17)25(20)10-4-9-24-11-13-28-14-12-24/h3,5-8,15H,4,9-14H2,1-2H3. The number of pyridine rings is 1. The first-order valence-corrected chi connectivity index (χ1v) is 9.64. The van der Waals surface area contributed by atoms with E-state index in [9.17, 15) is 0 Å². The number of methoxy groups -OCH3 is 2. The zero-order chi connectivity index (χ0) is 19.3. The molecule has 0 N–H and O–H groups in total. The fourth-order valence-electron chi connectivity index (χ4n) is 3.64. The monoisotopic (exact) mass is 382 g/mol. The van der Waals surface area contributed by atoms with Crippen molar-refractivity contribution in [2.75, 3.05) is 47.1 Å². The maximum Gasteiger partial charge on any atom is 0.161 e. The summed E-state index contributed by atoms with van der Waals surface area (Å²) in [5, 5.41) is 0. The van der Waals surface area contributed by atoms with E-state index in [-0.39, 0.29) is 0 Å². The molecule has 3 heterocycles. The molecule has 0 bridgehead atoms. The average Bonchev–Trinajstić information content (AvgIpc) is 3.12. The number of imidazole rings is 1. The van der Waals surface area contributed by atoms with Crippen LogP contribution in [0.4, 0.5) is 0 Å². The summed E-state index contributed by atoms with van der Waals surface area (Å²) < 4.78 is 18.5. The van der Waals surface area contributed by atoms with Gasteiger partial charge in [-0.25, -0.2) is 9.97 Å². The molecule has 0 saturated carbocycles. The number of aromatic nitrogens is 3. The summed E-state index contributed by atoms with van der Waals surface area (Å²) in [6.45, 7) is 5.56. The molecule has 2 aromatic heterocycles. The van der Waals surface area contributed by atoms with Crippen molar-refractivity contribution in [1.29, 1.82) is 0 Å². The van der Waals surface area contributed by atoms with E-state index in [1.807, 2.05) is 36.5 Å². The Labute approximate surface area is 164 Å². The number of aryl methyl sites for hydroxylation is 1. The van der Waals surface area contributed by atoms with Crippen molar-refractivity contribution in [1.82, 2.24) is 19.4 Å². The summed E-state index contributed by atoms with van der Waals surface area (Å²) in [5.41, 5.74) is 2.80. The summed E-state index contributed by atoms with van der Waals surface area (Å²) in [6, 6.07) is 9.83. The van der Waals surface area contributed by atoms with Gasteiger partial charge in [0.2, 0.25) is 0 Å². The Morgan fingerprint density at radius 1 is 1.04 bits per heavy atom. The quantitative estimate of drug-likeness (QED) is 0.626. The van der Waals surface area contributed by atoms with Crippen molar-refractivity contribution in [3.05, 3.63) is 36.5 Å². The van der Waals surface area contributed by atoms with E-state index in [1.54, 1.807) is 14.2 Å². The molecule has 28 heavy (non-hydrogen) atoms.